The molecule has 2 aliphatic rings. The van der Waals surface area contributed by atoms with Crippen molar-refractivity contribution in [1.82, 2.24) is 10.2 Å². The van der Waals surface area contributed by atoms with Crippen LogP contribution in [0.25, 0.3) is 0 Å². The quantitative estimate of drug-likeness (QED) is 0.681. The predicted octanol–water partition coefficient (Wildman–Crippen LogP) is 2.49. The van der Waals surface area contributed by atoms with Crippen LogP contribution in [0.15, 0.2) is 0 Å². The first kappa shape index (κ1) is 12.4. The molecule has 0 amide bonds. The van der Waals surface area contributed by atoms with Crippen molar-refractivity contribution in [2.45, 2.75) is 58.5 Å². The third-order valence-electron chi connectivity index (χ3n) is 3.96. The molecule has 0 radical (unpaired) electrons. The van der Waals surface area contributed by atoms with Crippen LogP contribution in [-0.4, -0.2) is 36.6 Å². The van der Waals surface area contributed by atoms with Crippen molar-refractivity contribution in [3.8, 4) is 0 Å². The summed E-state index contributed by atoms with van der Waals surface area (Å²) in [6.45, 7) is 10.7. The van der Waals surface area contributed by atoms with E-state index >= 15 is 0 Å². The van der Waals surface area contributed by atoms with E-state index < -0.39 is 0 Å². The molecule has 0 aromatic rings. The Bertz CT molecular complexity index is 207. The molecule has 1 N–H and O–H groups in total. The van der Waals surface area contributed by atoms with E-state index in [1.807, 2.05) is 0 Å². The summed E-state index contributed by atoms with van der Waals surface area (Å²) >= 11 is 0. The molecule has 0 spiro atoms. The molecular weight excluding hydrogens is 196 g/mol. The number of nitrogens with one attached hydrogen (secondary N) is 1. The fourth-order valence-electron chi connectivity index (χ4n) is 2.47. The van der Waals surface area contributed by atoms with E-state index in [9.17, 15) is 0 Å². The van der Waals surface area contributed by atoms with Gasteiger partial charge in [-0.1, -0.05) is 20.8 Å². The summed E-state index contributed by atoms with van der Waals surface area (Å²) in [6, 6.07) is 1.62. The van der Waals surface area contributed by atoms with Crippen LogP contribution in [0.3, 0.4) is 0 Å². The van der Waals surface area contributed by atoms with E-state index in [0.29, 0.717) is 6.04 Å². The van der Waals surface area contributed by atoms with Crippen molar-refractivity contribution in [3.63, 3.8) is 0 Å². The summed E-state index contributed by atoms with van der Waals surface area (Å²) in [5.74, 6) is 1.79. The molecule has 2 fully saturated rings. The van der Waals surface area contributed by atoms with E-state index in [0.717, 1.165) is 24.4 Å². The molecule has 94 valence electrons. The van der Waals surface area contributed by atoms with Gasteiger partial charge in [-0.05, 0) is 44.1 Å². The van der Waals surface area contributed by atoms with Crippen molar-refractivity contribution >= 4 is 0 Å². The molecule has 2 nitrogen and oxygen atoms in total. The molecule has 2 saturated carbocycles. The molecule has 0 aromatic heterocycles. The van der Waals surface area contributed by atoms with Gasteiger partial charge in [0.05, 0.1) is 0 Å². The molecule has 16 heavy (non-hydrogen) atoms. The van der Waals surface area contributed by atoms with Gasteiger partial charge < -0.3 is 5.32 Å². The van der Waals surface area contributed by atoms with Gasteiger partial charge in [0.15, 0.2) is 0 Å². The minimum absolute atomic E-state index is 0.685. The lowest BCUT2D eigenvalue weighted by atomic mass is 10.0. The zero-order valence-corrected chi connectivity index (χ0v) is 11.2. The van der Waals surface area contributed by atoms with Crippen LogP contribution in [0.4, 0.5) is 0 Å². The maximum Gasteiger partial charge on any atom is 0.0217 e. The van der Waals surface area contributed by atoms with Crippen molar-refractivity contribution in [3.05, 3.63) is 0 Å². The maximum absolute atomic E-state index is 3.65. The molecule has 2 heteroatoms. The lowest BCUT2D eigenvalue weighted by Crippen LogP contribution is -2.45. The summed E-state index contributed by atoms with van der Waals surface area (Å²) in [5.41, 5.74) is 0. The van der Waals surface area contributed by atoms with Crippen LogP contribution < -0.4 is 5.32 Å². The monoisotopic (exact) mass is 224 g/mol. The lowest BCUT2D eigenvalue weighted by Gasteiger charge is -2.30. The zero-order chi connectivity index (χ0) is 11.5. The standard InChI is InChI=1S/C14H28N2/c1-4-15-14(11(2)3)10-16(13-7-8-13)9-12-5-6-12/h11-15H,4-10H2,1-3H3. The highest BCUT2D eigenvalue weighted by atomic mass is 15.2. The molecule has 1 unspecified atom stereocenters. The van der Waals surface area contributed by atoms with Gasteiger partial charge in [-0.25, -0.2) is 0 Å². The van der Waals surface area contributed by atoms with E-state index in [-0.39, 0.29) is 0 Å². The number of nitrogens with zero attached hydrogens (tertiary/aromatic N) is 1. The minimum Gasteiger partial charge on any atom is -0.313 e. The van der Waals surface area contributed by atoms with Crippen LogP contribution in [0.1, 0.15) is 46.5 Å². The Morgan fingerprint density at radius 2 is 1.88 bits per heavy atom. The van der Waals surface area contributed by atoms with Crippen LogP contribution in [-0.2, 0) is 0 Å². The van der Waals surface area contributed by atoms with Crippen molar-refractivity contribution in [1.29, 1.82) is 0 Å². The number of likely N-dealkylation sites (N-methyl/N-ethyl adjacent to an activating group) is 1. The van der Waals surface area contributed by atoms with Crippen molar-refractivity contribution < 1.29 is 0 Å². The minimum atomic E-state index is 0.685. The molecule has 1 atom stereocenters. The van der Waals surface area contributed by atoms with Crippen LogP contribution in [0.2, 0.25) is 0 Å². The fraction of sp³-hybridized carbons (Fsp3) is 1.00. The molecule has 0 saturated heterocycles. The Labute approximate surface area is 101 Å². The van der Waals surface area contributed by atoms with Gasteiger partial charge in [0.1, 0.15) is 0 Å². The number of hydrogen-bond acceptors (Lipinski definition) is 2. The highest BCUT2D eigenvalue weighted by Gasteiger charge is 2.34. The average molecular weight is 224 g/mol. The Morgan fingerprint density at radius 1 is 1.19 bits per heavy atom. The summed E-state index contributed by atoms with van der Waals surface area (Å²) in [4.78, 5) is 2.77. The second-order valence-corrected chi connectivity index (χ2v) is 6.04. The molecule has 0 heterocycles. The summed E-state index contributed by atoms with van der Waals surface area (Å²) in [6.07, 6.45) is 5.86. The molecular formula is C14H28N2. The van der Waals surface area contributed by atoms with Gasteiger partial charge in [0.25, 0.3) is 0 Å². The first-order chi connectivity index (χ1) is 7.70. The molecule has 2 rings (SSSR count). The predicted molar refractivity (Wildman–Crippen MR) is 69.6 cm³/mol. The molecule has 0 aromatic carbocycles. The zero-order valence-electron chi connectivity index (χ0n) is 11.2. The smallest absolute Gasteiger partial charge is 0.0217 e. The lowest BCUT2D eigenvalue weighted by molar-refractivity contribution is 0.203. The first-order valence-corrected chi connectivity index (χ1v) is 7.18. The van der Waals surface area contributed by atoms with Gasteiger partial charge >= 0.3 is 0 Å². The van der Waals surface area contributed by atoms with Gasteiger partial charge in [0, 0.05) is 25.2 Å². The normalized spacial score (nSPS) is 23.1. The largest absolute Gasteiger partial charge is 0.313 e. The summed E-state index contributed by atoms with van der Waals surface area (Å²) in [7, 11) is 0. The molecule has 2 aliphatic carbocycles. The Hall–Kier alpha value is -0.0800. The van der Waals surface area contributed by atoms with E-state index in [2.05, 4.69) is 31.0 Å². The van der Waals surface area contributed by atoms with E-state index in [4.69, 9.17) is 0 Å². The van der Waals surface area contributed by atoms with E-state index in [1.165, 1.54) is 38.8 Å². The van der Waals surface area contributed by atoms with Crippen molar-refractivity contribution in [2.24, 2.45) is 11.8 Å². The van der Waals surface area contributed by atoms with Crippen LogP contribution >= 0.6 is 0 Å². The third kappa shape index (κ3) is 3.74. The Morgan fingerprint density at radius 3 is 2.31 bits per heavy atom. The third-order valence-corrected chi connectivity index (χ3v) is 3.96. The molecule has 0 aliphatic heterocycles. The SMILES string of the molecule is CCNC(CN(CC1CC1)C1CC1)C(C)C. The Balaban J connectivity index is 1.81. The second-order valence-electron chi connectivity index (χ2n) is 6.04. The van der Waals surface area contributed by atoms with Crippen LogP contribution in [0.5, 0.6) is 0 Å². The number of rotatable bonds is 8. The second kappa shape index (κ2) is 5.50. The fourth-order valence-corrected chi connectivity index (χ4v) is 2.47. The maximum atomic E-state index is 3.65. The summed E-state index contributed by atoms with van der Waals surface area (Å²) in [5, 5.41) is 3.65. The molecule has 0 bridgehead atoms. The van der Waals surface area contributed by atoms with Gasteiger partial charge in [-0.15, -0.1) is 0 Å². The first-order valence-electron chi connectivity index (χ1n) is 7.18. The highest BCUT2D eigenvalue weighted by Crippen LogP contribution is 2.35. The summed E-state index contributed by atoms with van der Waals surface area (Å²) < 4.78 is 0. The van der Waals surface area contributed by atoms with Crippen molar-refractivity contribution in [2.75, 3.05) is 19.6 Å². The van der Waals surface area contributed by atoms with Gasteiger partial charge in [-0.3, -0.25) is 4.90 Å². The van der Waals surface area contributed by atoms with E-state index in [1.54, 1.807) is 0 Å². The van der Waals surface area contributed by atoms with Crippen LogP contribution in [0, 0.1) is 11.8 Å². The van der Waals surface area contributed by atoms with Gasteiger partial charge in [0.2, 0.25) is 0 Å². The highest BCUT2D eigenvalue weighted by molar-refractivity contribution is 4.90. The van der Waals surface area contributed by atoms with Gasteiger partial charge in [-0.2, -0.15) is 0 Å². The Kier molecular flexibility index (Phi) is 4.26. The average Bonchev–Trinajstić information content (AvgIpc) is 3.08. The topological polar surface area (TPSA) is 15.3 Å². The number of hydrogen-bond donors (Lipinski definition) is 1.